The van der Waals surface area contributed by atoms with Crippen LogP contribution in [-0.2, 0) is 6.18 Å². The lowest BCUT2D eigenvalue weighted by molar-refractivity contribution is -0.137. The van der Waals surface area contributed by atoms with E-state index in [0.717, 1.165) is 31.5 Å². The van der Waals surface area contributed by atoms with Crippen molar-refractivity contribution >= 4 is 0 Å². The lowest BCUT2D eigenvalue weighted by Crippen LogP contribution is -2.32. The Morgan fingerprint density at radius 3 is 2.55 bits per heavy atom. The van der Waals surface area contributed by atoms with Gasteiger partial charge in [-0.25, -0.2) is 0 Å². The van der Waals surface area contributed by atoms with Crippen LogP contribution in [0.15, 0.2) is 24.3 Å². The minimum Gasteiger partial charge on any atom is -0.395 e. The summed E-state index contributed by atoms with van der Waals surface area (Å²) in [7, 11) is 0. The smallest absolute Gasteiger partial charge is 0.395 e. The number of likely N-dealkylation sites (tertiary alicyclic amines) is 1. The van der Waals surface area contributed by atoms with E-state index in [0.29, 0.717) is 12.1 Å². The van der Waals surface area contributed by atoms with E-state index in [4.69, 9.17) is 5.11 Å². The van der Waals surface area contributed by atoms with Gasteiger partial charge in [0.25, 0.3) is 0 Å². The number of benzene rings is 1. The Morgan fingerprint density at radius 1 is 1.25 bits per heavy atom. The Hall–Kier alpha value is -1.51. The molecule has 1 aromatic carbocycles. The molecule has 0 radical (unpaired) electrons. The SMILES string of the molecule is OC[C@H]1CCCN1CC#Cc1ccc(C(F)(F)F)cc1. The summed E-state index contributed by atoms with van der Waals surface area (Å²) in [5, 5.41) is 9.16. The van der Waals surface area contributed by atoms with Crippen LogP contribution in [0.2, 0.25) is 0 Å². The number of hydrogen-bond acceptors (Lipinski definition) is 2. The molecule has 0 bridgehead atoms. The summed E-state index contributed by atoms with van der Waals surface area (Å²) in [6, 6.07) is 5.00. The molecule has 0 aliphatic carbocycles. The van der Waals surface area contributed by atoms with Gasteiger partial charge in [-0.15, -0.1) is 0 Å². The van der Waals surface area contributed by atoms with Crippen LogP contribution in [0.5, 0.6) is 0 Å². The van der Waals surface area contributed by atoms with Crippen molar-refractivity contribution in [2.24, 2.45) is 0 Å². The summed E-state index contributed by atoms with van der Waals surface area (Å²) < 4.78 is 37.2. The summed E-state index contributed by atoms with van der Waals surface area (Å²) in [4.78, 5) is 2.09. The van der Waals surface area contributed by atoms with E-state index in [9.17, 15) is 13.2 Å². The van der Waals surface area contributed by atoms with Crippen LogP contribution in [-0.4, -0.2) is 35.7 Å². The van der Waals surface area contributed by atoms with Gasteiger partial charge >= 0.3 is 6.18 Å². The van der Waals surface area contributed by atoms with E-state index in [1.165, 1.54) is 12.1 Å². The van der Waals surface area contributed by atoms with Crippen molar-refractivity contribution in [2.45, 2.75) is 25.1 Å². The van der Waals surface area contributed by atoms with E-state index >= 15 is 0 Å². The minimum atomic E-state index is -4.31. The Kier molecular flexibility index (Phi) is 4.69. The molecule has 0 amide bonds. The van der Waals surface area contributed by atoms with Crippen LogP contribution in [0.25, 0.3) is 0 Å². The van der Waals surface area contributed by atoms with Crippen molar-refractivity contribution < 1.29 is 18.3 Å². The maximum atomic E-state index is 12.4. The Balaban J connectivity index is 1.96. The number of aliphatic hydroxyl groups is 1. The molecule has 0 unspecified atom stereocenters. The third kappa shape index (κ3) is 3.75. The normalized spacial score (nSPS) is 19.7. The maximum absolute atomic E-state index is 12.4. The molecule has 0 spiro atoms. The largest absolute Gasteiger partial charge is 0.416 e. The monoisotopic (exact) mass is 283 g/mol. The molecule has 0 aromatic heterocycles. The van der Waals surface area contributed by atoms with Crippen molar-refractivity contribution in [1.29, 1.82) is 0 Å². The Morgan fingerprint density at radius 2 is 1.95 bits per heavy atom. The predicted molar refractivity (Wildman–Crippen MR) is 70.0 cm³/mol. The molecule has 1 atom stereocenters. The van der Waals surface area contributed by atoms with E-state index in [1.54, 1.807) is 0 Å². The first-order valence-electron chi connectivity index (χ1n) is 6.52. The molecular formula is C15H16F3NO. The molecule has 1 aliphatic heterocycles. The fourth-order valence-corrected chi connectivity index (χ4v) is 2.30. The van der Waals surface area contributed by atoms with Crippen LogP contribution in [0.4, 0.5) is 13.2 Å². The van der Waals surface area contributed by atoms with Gasteiger partial charge in [-0.05, 0) is 43.7 Å². The highest BCUT2D eigenvalue weighted by Crippen LogP contribution is 2.28. The van der Waals surface area contributed by atoms with Gasteiger partial charge in [-0.3, -0.25) is 4.90 Å². The topological polar surface area (TPSA) is 23.5 Å². The zero-order chi connectivity index (χ0) is 14.6. The summed E-state index contributed by atoms with van der Waals surface area (Å²) in [5.74, 6) is 5.80. The maximum Gasteiger partial charge on any atom is 0.416 e. The zero-order valence-electron chi connectivity index (χ0n) is 11.0. The first-order chi connectivity index (χ1) is 9.50. The molecule has 1 aromatic rings. The fraction of sp³-hybridized carbons (Fsp3) is 0.467. The summed E-state index contributed by atoms with van der Waals surface area (Å²) in [6.07, 6.45) is -2.29. The van der Waals surface area contributed by atoms with Crippen LogP contribution >= 0.6 is 0 Å². The highest BCUT2D eigenvalue weighted by Gasteiger charge is 2.29. The van der Waals surface area contributed by atoms with Gasteiger partial charge < -0.3 is 5.11 Å². The second-order valence-electron chi connectivity index (χ2n) is 4.83. The quantitative estimate of drug-likeness (QED) is 0.843. The molecule has 1 heterocycles. The first kappa shape index (κ1) is 14.9. The van der Waals surface area contributed by atoms with Crippen molar-refractivity contribution in [3.8, 4) is 11.8 Å². The van der Waals surface area contributed by atoms with Gasteiger partial charge in [0, 0.05) is 11.6 Å². The highest BCUT2D eigenvalue weighted by atomic mass is 19.4. The fourth-order valence-electron chi connectivity index (χ4n) is 2.30. The van der Waals surface area contributed by atoms with Crippen LogP contribution in [0.1, 0.15) is 24.0 Å². The first-order valence-corrected chi connectivity index (χ1v) is 6.52. The molecule has 1 saturated heterocycles. The zero-order valence-corrected chi connectivity index (χ0v) is 11.0. The molecule has 2 nitrogen and oxygen atoms in total. The van der Waals surface area contributed by atoms with E-state index < -0.39 is 11.7 Å². The summed E-state index contributed by atoms with van der Waals surface area (Å²) in [5.41, 5.74) is -0.0966. The van der Waals surface area contributed by atoms with E-state index in [-0.39, 0.29) is 12.6 Å². The van der Waals surface area contributed by atoms with Gasteiger partial charge in [-0.2, -0.15) is 13.2 Å². The van der Waals surface area contributed by atoms with Crippen LogP contribution in [0, 0.1) is 11.8 Å². The van der Waals surface area contributed by atoms with Gasteiger partial charge in [0.05, 0.1) is 18.7 Å². The number of nitrogens with zero attached hydrogens (tertiary/aromatic N) is 1. The number of halogens is 3. The predicted octanol–water partition coefficient (Wildman–Crippen LogP) is 2.51. The van der Waals surface area contributed by atoms with Crippen molar-refractivity contribution in [3.63, 3.8) is 0 Å². The average molecular weight is 283 g/mol. The minimum absolute atomic E-state index is 0.127. The standard InChI is InChI=1S/C15H16F3NO/c16-15(17,18)13-7-5-12(6-8-13)3-1-9-19-10-2-4-14(19)11-20/h5-8,14,20H,2,4,9-11H2/t14-/m1/s1. The molecule has 2 rings (SSSR count). The Bertz CT molecular complexity index is 499. The van der Waals surface area contributed by atoms with E-state index in [2.05, 4.69) is 16.7 Å². The molecule has 5 heteroatoms. The van der Waals surface area contributed by atoms with Crippen LogP contribution in [0.3, 0.4) is 0 Å². The Labute approximate surface area is 116 Å². The number of aliphatic hydroxyl groups excluding tert-OH is 1. The highest BCUT2D eigenvalue weighted by molar-refractivity contribution is 5.37. The molecule has 1 aliphatic rings. The second-order valence-corrected chi connectivity index (χ2v) is 4.83. The third-order valence-electron chi connectivity index (χ3n) is 3.44. The molecule has 20 heavy (non-hydrogen) atoms. The van der Waals surface area contributed by atoms with Crippen molar-refractivity contribution in [3.05, 3.63) is 35.4 Å². The average Bonchev–Trinajstić information content (AvgIpc) is 2.86. The second kappa shape index (κ2) is 6.29. The molecule has 108 valence electrons. The third-order valence-corrected chi connectivity index (χ3v) is 3.44. The molecular weight excluding hydrogens is 267 g/mol. The number of alkyl halides is 3. The number of rotatable bonds is 2. The number of hydrogen-bond donors (Lipinski definition) is 1. The van der Waals surface area contributed by atoms with E-state index in [1.807, 2.05) is 0 Å². The molecule has 1 N–H and O–H groups in total. The molecule has 0 saturated carbocycles. The summed E-state index contributed by atoms with van der Waals surface area (Å²) >= 11 is 0. The lowest BCUT2D eigenvalue weighted by Gasteiger charge is -2.19. The van der Waals surface area contributed by atoms with Crippen LogP contribution < -0.4 is 0 Å². The summed E-state index contributed by atoms with van der Waals surface area (Å²) in [6.45, 7) is 1.57. The lowest BCUT2D eigenvalue weighted by atomic mass is 10.1. The van der Waals surface area contributed by atoms with Gasteiger partial charge in [-0.1, -0.05) is 11.8 Å². The van der Waals surface area contributed by atoms with Gasteiger partial charge in [0.2, 0.25) is 0 Å². The van der Waals surface area contributed by atoms with Crippen molar-refractivity contribution in [2.75, 3.05) is 19.7 Å². The molecule has 1 fully saturated rings. The van der Waals surface area contributed by atoms with Crippen molar-refractivity contribution in [1.82, 2.24) is 4.90 Å². The van der Waals surface area contributed by atoms with Gasteiger partial charge in [0.1, 0.15) is 0 Å². The van der Waals surface area contributed by atoms with Gasteiger partial charge in [0.15, 0.2) is 0 Å².